The minimum Gasteiger partial charge on any atom is -0.382 e. The summed E-state index contributed by atoms with van der Waals surface area (Å²) in [6.45, 7) is 4.47. The smallest absolute Gasteiger partial charge is 0.221 e. The van der Waals surface area contributed by atoms with Crippen LogP contribution in [0.2, 0.25) is 0 Å². The van der Waals surface area contributed by atoms with Gasteiger partial charge in [0, 0.05) is 32.7 Å². The highest BCUT2D eigenvalue weighted by Crippen LogP contribution is 1.92. The number of nitrogens with one attached hydrogen (secondary N) is 1. The van der Waals surface area contributed by atoms with Crippen LogP contribution in [0.4, 0.5) is 0 Å². The van der Waals surface area contributed by atoms with E-state index in [1.165, 1.54) is 0 Å². The molecular formula is C11H24N2O3. The molecule has 1 atom stereocenters. The lowest BCUT2D eigenvalue weighted by Crippen LogP contribution is -2.32. The maximum absolute atomic E-state index is 11.3. The van der Waals surface area contributed by atoms with Crippen molar-refractivity contribution < 1.29 is 14.3 Å². The van der Waals surface area contributed by atoms with Gasteiger partial charge in [-0.3, -0.25) is 4.79 Å². The van der Waals surface area contributed by atoms with Gasteiger partial charge in [0.05, 0.1) is 13.2 Å². The first-order chi connectivity index (χ1) is 7.70. The Morgan fingerprint density at radius 3 is 2.75 bits per heavy atom. The number of amides is 1. The lowest BCUT2D eigenvalue weighted by Gasteiger charge is -2.09. The number of hydrogen-bond acceptors (Lipinski definition) is 4. The van der Waals surface area contributed by atoms with Crippen LogP contribution in [0.25, 0.3) is 0 Å². The predicted octanol–water partition coefficient (Wildman–Crippen LogP) is 0.283. The molecule has 0 rings (SSSR count). The Bertz CT molecular complexity index is 177. The quantitative estimate of drug-likeness (QED) is 0.531. The van der Waals surface area contributed by atoms with E-state index in [0.717, 1.165) is 12.8 Å². The number of methoxy groups -OCH3 is 1. The van der Waals surface area contributed by atoms with Gasteiger partial charge >= 0.3 is 0 Å². The zero-order valence-electron chi connectivity index (χ0n) is 10.3. The summed E-state index contributed by atoms with van der Waals surface area (Å²) in [5, 5.41) is 2.81. The fourth-order valence-electron chi connectivity index (χ4n) is 1.10. The summed E-state index contributed by atoms with van der Waals surface area (Å²) in [6, 6.07) is -0.0297. The van der Waals surface area contributed by atoms with Gasteiger partial charge in [-0.2, -0.15) is 0 Å². The second kappa shape index (κ2) is 10.9. The SMILES string of the molecule is CCC(N)CC(=O)NCCCOCCOC. The van der Waals surface area contributed by atoms with Crippen LogP contribution in [-0.4, -0.2) is 45.4 Å². The molecule has 1 unspecified atom stereocenters. The Labute approximate surface area is 97.7 Å². The number of hydrogen-bond donors (Lipinski definition) is 2. The monoisotopic (exact) mass is 232 g/mol. The van der Waals surface area contributed by atoms with Crippen molar-refractivity contribution in [2.45, 2.75) is 32.2 Å². The number of ether oxygens (including phenoxy) is 2. The van der Waals surface area contributed by atoms with Crippen LogP contribution in [0.5, 0.6) is 0 Å². The summed E-state index contributed by atoms with van der Waals surface area (Å²) in [5.41, 5.74) is 5.66. The van der Waals surface area contributed by atoms with Gasteiger partial charge in [0.1, 0.15) is 0 Å². The van der Waals surface area contributed by atoms with Crippen LogP contribution in [0, 0.1) is 0 Å². The topological polar surface area (TPSA) is 73.6 Å². The van der Waals surface area contributed by atoms with Crippen molar-refractivity contribution in [1.29, 1.82) is 0 Å². The normalized spacial score (nSPS) is 12.4. The van der Waals surface area contributed by atoms with Crippen molar-refractivity contribution in [2.24, 2.45) is 5.73 Å². The zero-order chi connectivity index (χ0) is 12.2. The Morgan fingerprint density at radius 1 is 1.38 bits per heavy atom. The van der Waals surface area contributed by atoms with Gasteiger partial charge in [0.2, 0.25) is 5.91 Å². The first-order valence-electron chi connectivity index (χ1n) is 5.79. The number of carbonyl (C=O) groups excluding carboxylic acids is 1. The molecule has 0 saturated carbocycles. The maximum Gasteiger partial charge on any atom is 0.221 e. The molecule has 1 amide bonds. The number of nitrogens with two attached hydrogens (primary N) is 1. The van der Waals surface area contributed by atoms with Crippen molar-refractivity contribution in [3.63, 3.8) is 0 Å². The van der Waals surface area contributed by atoms with Crippen LogP contribution < -0.4 is 11.1 Å². The van der Waals surface area contributed by atoms with Gasteiger partial charge in [-0.15, -0.1) is 0 Å². The minimum atomic E-state index is -0.0297. The first kappa shape index (κ1) is 15.3. The van der Waals surface area contributed by atoms with E-state index >= 15 is 0 Å². The Morgan fingerprint density at radius 2 is 2.12 bits per heavy atom. The lowest BCUT2D eigenvalue weighted by atomic mass is 10.1. The van der Waals surface area contributed by atoms with Crippen molar-refractivity contribution in [3.05, 3.63) is 0 Å². The Kier molecular flexibility index (Phi) is 10.4. The molecule has 5 nitrogen and oxygen atoms in total. The molecule has 96 valence electrons. The van der Waals surface area contributed by atoms with Gasteiger partial charge in [0.15, 0.2) is 0 Å². The Hall–Kier alpha value is -0.650. The third-order valence-electron chi connectivity index (χ3n) is 2.19. The predicted molar refractivity (Wildman–Crippen MR) is 63.2 cm³/mol. The highest BCUT2D eigenvalue weighted by molar-refractivity contribution is 5.76. The molecule has 0 aromatic carbocycles. The van der Waals surface area contributed by atoms with E-state index in [1.54, 1.807) is 7.11 Å². The summed E-state index contributed by atoms with van der Waals surface area (Å²) < 4.78 is 10.1. The molecule has 0 radical (unpaired) electrons. The first-order valence-corrected chi connectivity index (χ1v) is 5.79. The van der Waals surface area contributed by atoms with Gasteiger partial charge in [-0.05, 0) is 12.8 Å². The standard InChI is InChI=1S/C11H24N2O3/c1-3-10(12)9-11(14)13-5-4-6-16-8-7-15-2/h10H,3-9,12H2,1-2H3,(H,13,14). The second-order valence-electron chi connectivity index (χ2n) is 3.68. The van der Waals surface area contributed by atoms with Crippen molar-refractivity contribution in [2.75, 3.05) is 33.5 Å². The molecule has 0 saturated heterocycles. The lowest BCUT2D eigenvalue weighted by molar-refractivity contribution is -0.121. The van der Waals surface area contributed by atoms with E-state index in [-0.39, 0.29) is 11.9 Å². The van der Waals surface area contributed by atoms with Crippen LogP contribution in [-0.2, 0) is 14.3 Å². The molecule has 0 fully saturated rings. The molecular weight excluding hydrogens is 208 g/mol. The highest BCUT2D eigenvalue weighted by atomic mass is 16.5. The van der Waals surface area contributed by atoms with Gasteiger partial charge < -0.3 is 20.5 Å². The average molecular weight is 232 g/mol. The van der Waals surface area contributed by atoms with Gasteiger partial charge in [-0.1, -0.05) is 6.92 Å². The third-order valence-corrected chi connectivity index (χ3v) is 2.19. The molecule has 0 spiro atoms. The molecule has 0 bridgehead atoms. The summed E-state index contributed by atoms with van der Waals surface area (Å²) in [5.74, 6) is 0.0197. The molecule has 0 aromatic heterocycles. The highest BCUT2D eigenvalue weighted by Gasteiger charge is 2.06. The fraction of sp³-hybridized carbons (Fsp3) is 0.909. The molecule has 0 aromatic rings. The van der Waals surface area contributed by atoms with Crippen LogP contribution in [0.3, 0.4) is 0 Å². The summed E-state index contributed by atoms with van der Waals surface area (Å²) >= 11 is 0. The average Bonchev–Trinajstić information content (AvgIpc) is 2.27. The largest absolute Gasteiger partial charge is 0.382 e. The molecule has 0 heterocycles. The van der Waals surface area contributed by atoms with Crippen LogP contribution >= 0.6 is 0 Å². The van der Waals surface area contributed by atoms with E-state index in [0.29, 0.717) is 32.8 Å². The second-order valence-corrected chi connectivity index (χ2v) is 3.68. The van der Waals surface area contributed by atoms with E-state index in [9.17, 15) is 4.79 Å². The van der Waals surface area contributed by atoms with Crippen molar-refractivity contribution in [3.8, 4) is 0 Å². The number of carbonyl (C=O) groups is 1. The minimum absolute atomic E-state index is 0.0197. The third kappa shape index (κ3) is 9.89. The zero-order valence-corrected chi connectivity index (χ0v) is 10.3. The summed E-state index contributed by atoms with van der Waals surface area (Å²) in [6.07, 6.45) is 2.05. The van der Waals surface area contributed by atoms with Crippen LogP contribution in [0.15, 0.2) is 0 Å². The van der Waals surface area contributed by atoms with Gasteiger partial charge in [-0.25, -0.2) is 0 Å². The molecule has 0 aliphatic carbocycles. The summed E-state index contributed by atoms with van der Waals surface area (Å²) in [4.78, 5) is 11.3. The van der Waals surface area contributed by atoms with Crippen molar-refractivity contribution >= 4 is 5.91 Å². The molecule has 0 aliphatic heterocycles. The molecule has 0 aliphatic rings. The van der Waals surface area contributed by atoms with Crippen molar-refractivity contribution in [1.82, 2.24) is 5.32 Å². The van der Waals surface area contributed by atoms with E-state index < -0.39 is 0 Å². The Balaban J connectivity index is 3.21. The van der Waals surface area contributed by atoms with Gasteiger partial charge in [0.25, 0.3) is 0 Å². The van der Waals surface area contributed by atoms with Crippen LogP contribution in [0.1, 0.15) is 26.2 Å². The van der Waals surface area contributed by atoms with E-state index in [4.69, 9.17) is 15.2 Å². The summed E-state index contributed by atoms with van der Waals surface area (Å²) in [7, 11) is 1.64. The maximum atomic E-state index is 11.3. The fourth-order valence-corrected chi connectivity index (χ4v) is 1.10. The number of rotatable bonds is 10. The van der Waals surface area contributed by atoms with E-state index in [1.807, 2.05) is 6.92 Å². The molecule has 5 heteroatoms. The molecule has 3 N–H and O–H groups in total. The van der Waals surface area contributed by atoms with E-state index in [2.05, 4.69) is 5.32 Å². The molecule has 16 heavy (non-hydrogen) atoms.